The van der Waals surface area contributed by atoms with Gasteiger partial charge in [0.05, 0.1) is 0 Å². The fourth-order valence-electron chi connectivity index (χ4n) is 2.51. The van der Waals surface area contributed by atoms with Gasteiger partial charge in [-0.3, -0.25) is 4.90 Å². The first kappa shape index (κ1) is 16.7. The molecule has 0 aliphatic carbocycles. The summed E-state index contributed by atoms with van der Waals surface area (Å²) in [4.78, 5) is 2.53. The molecule has 2 heteroatoms. The molecule has 17 heavy (non-hydrogen) atoms. The molecule has 0 bridgehead atoms. The lowest BCUT2D eigenvalue weighted by Gasteiger charge is -2.44. The van der Waals surface area contributed by atoms with E-state index in [9.17, 15) is 0 Å². The average molecular weight is 240 g/mol. The van der Waals surface area contributed by atoms with E-state index in [-0.39, 0.29) is 5.54 Å². The van der Waals surface area contributed by atoms with Gasteiger partial charge in [0.1, 0.15) is 0 Å². The predicted octanol–water partition coefficient (Wildman–Crippen LogP) is 3.44. The van der Waals surface area contributed by atoms with E-state index in [1.807, 2.05) is 0 Å². The Morgan fingerprint density at radius 1 is 1.18 bits per heavy atom. The number of nitrogens with one attached hydrogen (secondary N) is 1. The van der Waals surface area contributed by atoms with E-state index in [2.05, 4.69) is 58.3 Å². The second-order valence-electron chi connectivity index (χ2n) is 5.24. The van der Waals surface area contributed by atoms with Gasteiger partial charge in [0.15, 0.2) is 0 Å². The van der Waals surface area contributed by atoms with E-state index in [0.29, 0.717) is 6.04 Å². The van der Waals surface area contributed by atoms with Crippen molar-refractivity contribution in [1.29, 1.82) is 0 Å². The van der Waals surface area contributed by atoms with Crippen LogP contribution in [0.4, 0.5) is 0 Å². The van der Waals surface area contributed by atoms with Gasteiger partial charge in [-0.25, -0.2) is 0 Å². The Kier molecular flexibility index (Phi) is 7.73. The normalized spacial score (nSPS) is 14.1. The molecule has 0 aromatic carbocycles. The van der Waals surface area contributed by atoms with Gasteiger partial charge in [0.2, 0.25) is 0 Å². The number of likely N-dealkylation sites (N-methyl/N-ethyl adjacent to an activating group) is 2. The standard InChI is InChI=1S/C15H32N2/c1-8-13(5)12-14(16-9-2)15(6,7)17(10-3)11-4/h14,16H,5,8-12H2,1-4,6-7H3. The highest BCUT2D eigenvalue weighted by molar-refractivity contribution is 5.03. The van der Waals surface area contributed by atoms with Crippen LogP contribution in [0, 0.1) is 0 Å². The van der Waals surface area contributed by atoms with Crippen molar-refractivity contribution in [3.63, 3.8) is 0 Å². The highest BCUT2D eigenvalue weighted by atomic mass is 15.2. The summed E-state index contributed by atoms with van der Waals surface area (Å²) < 4.78 is 0. The van der Waals surface area contributed by atoms with Crippen LogP contribution in [-0.2, 0) is 0 Å². The lowest BCUT2D eigenvalue weighted by Crippen LogP contribution is -2.57. The zero-order valence-electron chi connectivity index (χ0n) is 12.8. The summed E-state index contributed by atoms with van der Waals surface area (Å²) >= 11 is 0. The zero-order chi connectivity index (χ0) is 13.5. The van der Waals surface area contributed by atoms with Gasteiger partial charge in [-0.05, 0) is 46.3 Å². The van der Waals surface area contributed by atoms with Crippen molar-refractivity contribution in [3.8, 4) is 0 Å². The fraction of sp³-hybridized carbons (Fsp3) is 0.867. The average Bonchev–Trinajstić information content (AvgIpc) is 2.29. The molecule has 1 atom stereocenters. The summed E-state index contributed by atoms with van der Waals surface area (Å²) in [6, 6.07) is 0.486. The molecule has 0 aliphatic rings. The summed E-state index contributed by atoms with van der Waals surface area (Å²) in [6.45, 7) is 20.9. The minimum absolute atomic E-state index is 0.178. The molecule has 0 aromatic rings. The van der Waals surface area contributed by atoms with Crippen molar-refractivity contribution < 1.29 is 0 Å². The lowest BCUT2D eigenvalue weighted by atomic mass is 9.87. The Morgan fingerprint density at radius 2 is 1.71 bits per heavy atom. The van der Waals surface area contributed by atoms with Crippen molar-refractivity contribution in [2.75, 3.05) is 19.6 Å². The third-order valence-electron chi connectivity index (χ3n) is 3.87. The van der Waals surface area contributed by atoms with Crippen LogP contribution in [-0.4, -0.2) is 36.1 Å². The number of hydrogen-bond donors (Lipinski definition) is 1. The highest BCUT2D eigenvalue weighted by Gasteiger charge is 2.33. The van der Waals surface area contributed by atoms with Gasteiger partial charge in [0, 0.05) is 11.6 Å². The molecule has 0 aliphatic heterocycles. The van der Waals surface area contributed by atoms with Crippen LogP contribution in [0.15, 0.2) is 12.2 Å². The maximum absolute atomic E-state index is 4.16. The second kappa shape index (κ2) is 7.88. The van der Waals surface area contributed by atoms with E-state index in [1.54, 1.807) is 0 Å². The fourth-order valence-corrected chi connectivity index (χ4v) is 2.51. The topological polar surface area (TPSA) is 15.3 Å². The molecule has 0 aromatic heterocycles. The maximum atomic E-state index is 4.16. The van der Waals surface area contributed by atoms with Crippen molar-refractivity contribution in [1.82, 2.24) is 10.2 Å². The van der Waals surface area contributed by atoms with Gasteiger partial charge in [0.25, 0.3) is 0 Å². The summed E-state index contributed by atoms with van der Waals surface area (Å²) in [5, 5.41) is 3.63. The van der Waals surface area contributed by atoms with Crippen LogP contribution in [0.5, 0.6) is 0 Å². The van der Waals surface area contributed by atoms with Crippen molar-refractivity contribution >= 4 is 0 Å². The van der Waals surface area contributed by atoms with Crippen LogP contribution >= 0.6 is 0 Å². The van der Waals surface area contributed by atoms with Gasteiger partial charge < -0.3 is 5.32 Å². The predicted molar refractivity (Wildman–Crippen MR) is 78.5 cm³/mol. The highest BCUT2D eigenvalue weighted by Crippen LogP contribution is 2.24. The zero-order valence-corrected chi connectivity index (χ0v) is 12.8. The molecule has 0 fully saturated rings. The van der Waals surface area contributed by atoms with Crippen LogP contribution in [0.25, 0.3) is 0 Å². The first-order chi connectivity index (χ1) is 7.93. The smallest absolute Gasteiger partial charge is 0.0309 e. The summed E-state index contributed by atoms with van der Waals surface area (Å²) in [6.07, 6.45) is 2.16. The molecule has 0 amide bonds. The minimum atomic E-state index is 0.178. The van der Waals surface area contributed by atoms with Crippen molar-refractivity contribution in [2.24, 2.45) is 0 Å². The molecule has 1 N–H and O–H groups in total. The van der Waals surface area contributed by atoms with Crippen LogP contribution in [0.2, 0.25) is 0 Å². The number of rotatable bonds is 9. The Morgan fingerprint density at radius 3 is 2.06 bits per heavy atom. The molecule has 0 spiro atoms. The van der Waals surface area contributed by atoms with Crippen molar-refractivity contribution in [2.45, 2.75) is 66.0 Å². The Labute approximate surface area is 108 Å². The van der Waals surface area contributed by atoms with Crippen LogP contribution in [0.1, 0.15) is 54.4 Å². The number of nitrogens with zero attached hydrogens (tertiary/aromatic N) is 1. The second-order valence-corrected chi connectivity index (χ2v) is 5.24. The van der Waals surface area contributed by atoms with E-state index in [1.165, 1.54) is 5.57 Å². The molecule has 0 radical (unpaired) electrons. The lowest BCUT2D eigenvalue weighted by molar-refractivity contribution is 0.0916. The molecule has 1 unspecified atom stereocenters. The van der Waals surface area contributed by atoms with Gasteiger partial charge >= 0.3 is 0 Å². The van der Waals surface area contributed by atoms with Crippen molar-refractivity contribution in [3.05, 3.63) is 12.2 Å². The summed E-state index contributed by atoms with van der Waals surface area (Å²) in [7, 11) is 0. The molecule has 0 saturated carbocycles. The molecule has 2 nitrogen and oxygen atoms in total. The molecule has 0 rings (SSSR count). The first-order valence-electron chi connectivity index (χ1n) is 7.08. The van der Waals surface area contributed by atoms with Gasteiger partial charge in [-0.2, -0.15) is 0 Å². The van der Waals surface area contributed by atoms with E-state index in [4.69, 9.17) is 0 Å². The van der Waals surface area contributed by atoms with Gasteiger partial charge in [-0.1, -0.05) is 39.8 Å². The third-order valence-corrected chi connectivity index (χ3v) is 3.87. The molecule has 102 valence electrons. The van der Waals surface area contributed by atoms with E-state index in [0.717, 1.165) is 32.5 Å². The Balaban J connectivity index is 4.81. The Bertz CT molecular complexity index is 217. The largest absolute Gasteiger partial charge is 0.312 e. The first-order valence-corrected chi connectivity index (χ1v) is 7.08. The van der Waals surface area contributed by atoms with Crippen LogP contribution in [0.3, 0.4) is 0 Å². The molecule has 0 heterocycles. The SMILES string of the molecule is C=C(CC)CC(NCC)C(C)(C)N(CC)CC. The Hall–Kier alpha value is -0.340. The number of hydrogen-bond acceptors (Lipinski definition) is 2. The summed E-state index contributed by atoms with van der Waals surface area (Å²) in [5.41, 5.74) is 1.52. The molecular formula is C15H32N2. The van der Waals surface area contributed by atoms with E-state index >= 15 is 0 Å². The molecule has 0 saturated heterocycles. The monoisotopic (exact) mass is 240 g/mol. The molecular weight excluding hydrogens is 208 g/mol. The van der Waals surface area contributed by atoms with Gasteiger partial charge in [-0.15, -0.1) is 0 Å². The van der Waals surface area contributed by atoms with E-state index < -0.39 is 0 Å². The summed E-state index contributed by atoms with van der Waals surface area (Å²) in [5.74, 6) is 0. The minimum Gasteiger partial charge on any atom is -0.312 e. The van der Waals surface area contributed by atoms with Crippen LogP contribution < -0.4 is 5.32 Å². The quantitative estimate of drug-likeness (QED) is 0.621. The maximum Gasteiger partial charge on any atom is 0.0309 e. The third kappa shape index (κ3) is 4.81.